The van der Waals surface area contributed by atoms with Crippen LogP contribution in [0.2, 0.25) is 0 Å². The topological polar surface area (TPSA) is 64.4 Å². The maximum atomic E-state index is 5.26. The van der Waals surface area contributed by atoms with Gasteiger partial charge in [-0.15, -0.1) is 0 Å². The van der Waals surface area contributed by atoms with E-state index < -0.39 is 0 Å². The van der Waals surface area contributed by atoms with Gasteiger partial charge in [-0.25, -0.2) is 0 Å². The highest BCUT2D eigenvalue weighted by atomic mass is 32.1. The van der Waals surface area contributed by atoms with Gasteiger partial charge in [-0.05, 0) is 36.0 Å². The lowest BCUT2D eigenvalue weighted by Gasteiger charge is -2.08. The van der Waals surface area contributed by atoms with Gasteiger partial charge >= 0.3 is 0 Å². The Labute approximate surface area is 115 Å². The fourth-order valence-corrected chi connectivity index (χ4v) is 1.75. The SMILES string of the molecule is COCc1cc(/C=N\n2cn[nH]c2=S)ccc1OC. The van der Waals surface area contributed by atoms with Crippen LogP contribution in [0.4, 0.5) is 0 Å². The molecule has 0 fully saturated rings. The molecule has 2 rings (SSSR count). The van der Waals surface area contributed by atoms with Gasteiger partial charge in [-0.2, -0.15) is 14.9 Å². The second-order valence-electron chi connectivity index (χ2n) is 3.75. The Hall–Kier alpha value is -1.99. The normalized spacial score (nSPS) is 11.1. The molecule has 1 N–H and O–H groups in total. The third-order valence-corrected chi connectivity index (χ3v) is 2.75. The van der Waals surface area contributed by atoms with Crippen molar-refractivity contribution in [3.8, 4) is 5.75 Å². The Morgan fingerprint density at radius 1 is 1.47 bits per heavy atom. The lowest BCUT2D eigenvalue weighted by atomic mass is 10.1. The van der Waals surface area contributed by atoms with Gasteiger partial charge in [0.2, 0.25) is 4.77 Å². The number of hydrogen-bond donors (Lipinski definition) is 1. The van der Waals surface area contributed by atoms with E-state index in [1.165, 1.54) is 11.0 Å². The van der Waals surface area contributed by atoms with Gasteiger partial charge in [0.05, 0.1) is 19.9 Å². The van der Waals surface area contributed by atoms with Crippen molar-refractivity contribution in [2.24, 2.45) is 5.10 Å². The molecule has 0 saturated heterocycles. The average Bonchev–Trinajstić information content (AvgIpc) is 2.82. The van der Waals surface area contributed by atoms with Crippen molar-refractivity contribution in [1.29, 1.82) is 0 Å². The summed E-state index contributed by atoms with van der Waals surface area (Å²) in [5.74, 6) is 0.791. The van der Waals surface area contributed by atoms with Crippen molar-refractivity contribution >= 4 is 18.4 Å². The van der Waals surface area contributed by atoms with Gasteiger partial charge in [0.15, 0.2) is 0 Å². The van der Waals surface area contributed by atoms with E-state index in [9.17, 15) is 0 Å². The number of rotatable bonds is 5. The van der Waals surface area contributed by atoms with Crippen LogP contribution in [0, 0.1) is 4.77 Å². The smallest absolute Gasteiger partial charge is 0.216 e. The predicted octanol–water partition coefficient (Wildman–Crippen LogP) is 1.98. The first kappa shape index (κ1) is 13.4. The standard InChI is InChI=1S/C12H14N4O2S/c1-17-7-10-5-9(3-4-11(10)18-2)6-14-16-8-13-15-12(16)19/h3-6,8H,7H2,1-2H3,(H,15,19)/b14-6-. The molecule has 19 heavy (non-hydrogen) atoms. The second-order valence-corrected chi connectivity index (χ2v) is 4.14. The predicted molar refractivity (Wildman–Crippen MR) is 74.1 cm³/mol. The largest absolute Gasteiger partial charge is 0.496 e. The van der Waals surface area contributed by atoms with Gasteiger partial charge < -0.3 is 9.47 Å². The number of methoxy groups -OCH3 is 2. The summed E-state index contributed by atoms with van der Waals surface area (Å²) >= 11 is 5.00. The van der Waals surface area contributed by atoms with E-state index in [1.54, 1.807) is 20.4 Å². The third-order valence-electron chi connectivity index (χ3n) is 2.47. The minimum atomic E-state index is 0.446. The molecule has 0 aliphatic rings. The van der Waals surface area contributed by atoms with Gasteiger partial charge in [-0.1, -0.05) is 0 Å². The van der Waals surface area contributed by atoms with Crippen molar-refractivity contribution in [3.63, 3.8) is 0 Å². The first-order valence-corrected chi connectivity index (χ1v) is 5.97. The van der Waals surface area contributed by atoms with Crippen LogP contribution >= 0.6 is 12.2 Å². The van der Waals surface area contributed by atoms with Crippen LogP contribution in [0.1, 0.15) is 11.1 Å². The van der Waals surface area contributed by atoms with Crippen molar-refractivity contribution in [2.75, 3.05) is 14.2 Å². The molecule has 0 aliphatic carbocycles. The number of hydrogen-bond acceptors (Lipinski definition) is 5. The third kappa shape index (κ3) is 3.27. The average molecular weight is 278 g/mol. The van der Waals surface area contributed by atoms with E-state index in [2.05, 4.69) is 15.3 Å². The lowest BCUT2D eigenvalue weighted by Crippen LogP contribution is -1.96. The summed E-state index contributed by atoms with van der Waals surface area (Å²) in [7, 11) is 3.28. The van der Waals surface area contributed by atoms with E-state index in [1.807, 2.05) is 18.2 Å². The molecule has 7 heteroatoms. The molecular weight excluding hydrogens is 264 g/mol. The number of aromatic nitrogens is 3. The molecule has 1 aromatic heterocycles. The number of H-pyrrole nitrogens is 1. The van der Waals surface area contributed by atoms with Crippen molar-refractivity contribution in [1.82, 2.24) is 14.9 Å². The first-order valence-electron chi connectivity index (χ1n) is 5.57. The van der Waals surface area contributed by atoms with Crippen LogP contribution in [0.15, 0.2) is 29.6 Å². The van der Waals surface area contributed by atoms with E-state index in [0.717, 1.165) is 16.9 Å². The van der Waals surface area contributed by atoms with E-state index in [-0.39, 0.29) is 0 Å². The second kappa shape index (κ2) is 6.26. The summed E-state index contributed by atoms with van der Waals surface area (Å²) < 4.78 is 12.3. The first-order chi connectivity index (χ1) is 9.24. The molecule has 2 aromatic rings. The van der Waals surface area contributed by atoms with Crippen LogP contribution in [-0.4, -0.2) is 35.3 Å². The number of benzene rings is 1. The van der Waals surface area contributed by atoms with Crippen LogP contribution in [0.3, 0.4) is 0 Å². The van der Waals surface area contributed by atoms with Gasteiger partial charge in [0.1, 0.15) is 12.1 Å². The Balaban J connectivity index is 2.26. The highest BCUT2D eigenvalue weighted by Crippen LogP contribution is 2.19. The molecule has 0 unspecified atom stereocenters. The number of aromatic amines is 1. The highest BCUT2D eigenvalue weighted by molar-refractivity contribution is 7.71. The zero-order chi connectivity index (χ0) is 13.7. The maximum absolute atomic E-state index is 5.26. The molecule has 1 aromatic carbocycles. The number of ether oxygens (including phenoxy) is 2. The molecule has 0 radical (unpaired) electrons. The molecule has 1 heterocycles. The summed E-state index contributed by atoms with van der Waals surface area (Å²) in [6, 6.07) is 5.74. The van der Waals surface area contributed by atoms with Crippen LogP contribution in [-0.2, 0) is 11.3 Å². The fraction of sp³-hybridized carbons (Fsp3) is 0.250. The molecule has 0 amide bonds. The van der Waals surface area contributed by atoms with Crippen LogP contribution in [0.25, 0.3) is 0 Å². The lowest BCUT2D eigenvalue weighted by molar-refractivity contribution is 0.181. The van der Waals surface area contributed by atoms with Crippen molar-refractivity contribution < 1.29 is 9.47 Å². The summed E-state index contributed by atoms with van der Waals surface area (Å²) in [4.78, 5) is 0. The molecule has 0 bridgehead atoms. The summed E-state index contributed by atoms with van der Waals surface area (Å²) in [6.07, 6.45) is 3.21. The van der Waals surface area contributed by atoms with E-state index >= 15 is 0 Å². The fourth-order valence-electron chi connectivity index (χ4n) is 1.60. The molecule has 6 nitrogen and oxygen atoms in total. The molecule has 100 valence electrons. The van der Waals surface area contributed by atoms with Gasteiger partial charge in [0.25, 0.3) is 0 Å². The van der Waals surface area contributed by atoms with Crippen LogP contribution in [0.5, 0.6) is 5.75 Å². The Bertz CT molecular complexity index is 633. The maximum Gasteiger partial charge on any atom is 0.216 e. The zero-order valence-electron chi connectivity index (χ0n) is 10.7. The molecular formula is C12H14N4O2S. The monoisotopic (exact) mass is 278 g/mol. The molecule has 0 spiro atoms. The zero-order valence-corrected chi connectivity index (χ0v) is 11.5. The minimum Gasteiger partial charge on any atom is -0.496 e. The van der Waals surface area contributed by atoms with Crippen molar-refractivity contribution in [3.05, 3.63) is 40.4 Å². The van der Waals surface area contributed by atoms with Gasteiger partial charge in [0, 0.05) is 12.7 Å². The summed E-state index contributed by atoms with van der Waals surface area (Å²) in [5, 5.41) is 10.6. The Morgan fingerprint density at radius 3 is 2.95 bits per heavy atom. The van der Waals surface area contributed by atoms with E-state index in [0.29, 0.717) is 11.4 Å². The van der Waals surface area contributed by atoms with E-state index in [4.69, 9.17) is 21.7 Å². The molecule has 0 atom stereocenters. The Morgan fingerprint density at radius 2 is 2.32 bits per heavy atom. The molecule has 0 saturated carbocycles. The minimum absolute atomic E-state index is 0.446. The quantitative estimate of drug-likeness (QED) is 0.671. The number of nitrogens with zero attached hydrogens (tertiary/aromatic N) is 3. The highest BCUT2D eigenvalue weighted by Gasteiger charge is 2.03. The van der Waals surface area contributed by atoms with Crippen LogP contribution < -0.4 is 4.74 Å². The van der Waals surface area contributed by atoms with Crippen molar-refractivity contribution in [2.45, 2.75) is 6.61 Å². The summed E-state index contributed by atoms with van der Waals surface area (Å²) in [5.41, 5.74) is 1.89. The summed E-state index contributed by atoms with van der Waals surface area (Å²) in [6.45, 7) is 0.482. The number of nitrogens with one attached hydrogen (secondary N) is 1. The van der Waals surface area contributed by atoms with Gasteiger partial charge in [-0.3, -0.25) is 5.10 Å². The molecule has 0 aliphatic heterocycles. The Kier molecular flexibility index (Phi) is 4.43.